The molecule has 0 radical (unpaired) electrons. The number of benzene rings is 1. The van der Waals surface area contributed by atoms with Crippen molar-refractivity contribution in [1.29, 1.82) is 5.26 Å². The smallest absolute Gasteiger partial charge is 0.360 e. The van der Waals surface area contributed by atoms with Crippen LogP contribution in [0.2, 0.25) is 0 Å². The van der Waals surface area contributed by atoms with Crippen molar-refractivity contribution in [3.05, 3.63) is 47.3 Å². The molecule has 0 amide bonds. The van der Waals surface area contributed by atoms with Gasteiger partial charge in [0.15, 0.2) is 5.69 Å². The number of hydrogen-bond donors (Lipinski definition) is 1. The van der Waals surface area contributed by atoms with Crippen molar-refractivity contribution in [2.75, 3.05) is 6.61 Å². The van der Waals surface area contributed by atoms with Crippen molar-refractivity contribution < 1.29 is 14.6 Å². The summed E-state index contributed by atoms with van der Waals surface area (Å²) in [6, 6.07) is 8.69. The lowest BCUT2D eigenvalue weighted by Gasteiger charge is -2.10. The lowest BCUT2D eigenvalue weighted by molar-refractivity contribution is 0.0519. The van der Waals surface area contributed by atoms with Crippen LogP contribution in [0.1, 0.15) is 34.6 Å². The molecule has 1 atom stereocenters. The van der Waals surface area contributed by atoms with Crippen LogP contribution in [0.4, 0.5) is 0 Å². The van der Waals surface area contributed by atoms with Crippen LogP contribution in [0, 0.1) is 11.3 Å². The minimum atomic E-state index is -0.852. The molecule has 0 saturated carbocycles. The number of aliphatic hydroxyl groups excluding tert-OH is 1. The predicted molar refractivity (Wildman–Crippen MR) is 72.1 cm³/mol. The standard InChI is InChI=1S/C14H14N4O3/c1-2-21-14(20)12-8-18(17-16-12)9-13(19)11-5-3-4-10(6-11)7-15/h3-6,8,13,19H,2,9H2,1H3/t13-/m1/s1. The van der Waals surface area contributed by atoms with E-state index in [1.165, 1.54) is 10.9 Å². The van der Waals surface area contributed by atoms with Crippen LogP contribution in [0.3, 0.4) is 0 Å². The molecule has 0 unspecified atom stereocenters. The monoisotopic (exact) mass is 286 g/mol. The Bertz CT molecular complexity index is 675. The number of nitriles is 1. The fourth-order valence-corrected chi connectivity index (χ4v) is 1.78. The fourth-order valence-electron chi connectivity index (χ4n) is 1.78. The summed E-state index contributed by atoms with van der Waals surface area (Å²) in [5, 5.41) is 26.4. The number of nitrogens with zero attached hydrogens (tertiary/aromatic N) is 4. The highest BCUT2D eigenvalue weighted by Gasteiger charge is 2.14. The summed E-state index contributed by atoms with van der Waals surface area (Å²) in [7, 11) is 0. The molecule has 1 N–H and O–H groups in total. The van der Waals surface area contributed by atoms with Crippen LogP contribution in [0.5, 0.6) is 0 Å². The first-order valence-corrected chi connectivity index (χ1v) is 6.39. The first-order chi connectivity index (χ1) is 10.1. The number of aliphatic hydroxyl groups is 1. The number of ether oxygens (including phenoxy) is 1. The highest BCUT2D eigenvalue weighted by atomic mass is 16.5. The molecule has 1 aromatic carbocycles. The van der Waals surface area contributed by atoms with Gasteiger partial charge in [-0.15, -0.1) is 5.10 Å². The number of aromatic nitrogens is 3. The Balaban J connectivity index is 2.07. The maximum absolute atomic E-state index is 11.5. The van der Waals surface area contributed by atoms with Gasteiger partial charge in [-0.05, 0) is 24.6 Å². The van der Waals surface area contributed by atoms with Gasteiger partial charge in [0.25, 0.3) is 0 Å². The zero-order valence-electron chi connectivity index (χ0n) is 11.4. The van der Waals surface area contributed by atoms with Gasteiger partial charge >= 0.3 is 5.97 Å². The number of carbonyl (C=O) groups is 1. The van der Waals surface area contributed by atoms with Crippen LogP contribution in [-0.2, 0) is 11.3 Å². The van der Waals surface area contributed by atoms with Crippen LogP contribution >= 0.6 is 0 Å². The third-order valence-corrected chi connectivity index (χ3v) is 2.78. The third-order valence-electron chi connectivity index (χ3n) is 2.78. The summed E-state index contributed by atoms with van der Waals surface area (Å²) in [6.45, 7) is 2.09. The summed E-state index contributed by atoms with van der Waals surface area (Å²) in [5.74, 6) is -0.551. The molecule has 21 heavy (non-hydrogen) atoms. The third kappa shape index (κ3) is 3.64. The highest BCUT2D eigenvalue weighted by molar-refractivity contribution is 5.86. The average molecular weight is 286 g/mol. The van der Waals surface area contributed by atoms with E-state index in [9.17, 15) is 9.90 Å². The molecule has 0 aliphatic heterocycles. The lowest BCUT2D eigenvalue weighted by Crippen LogP contribution is -2.09. The molecule has 1 heterocycles. The van der Waals surface area contributed by atoms with Crippen LogP contribution in [0.15, 0.2) is 30.5 Å². The Morgan fingerprint density at radius 3 is 3.10 bits per heavy atom. The molecule has 0 aliphatic carbocycles. The van der Waals surface area contributed by atoms with Gasteiger partial charge in [0.05, 0.1) is 37.1 Å². The van der Waals surface area contributed by atoms with E-state index in [-0.39, 0.29) is 18.8 Å². The Kier molecular flexibility index (Phi) is 4.64. The molecular formula is C14H14N4O3. The zero-order chi connectivity index (χ0) is 15.2. The quantitative estimate of drug-likeness (QED) is 0.825. The van der Waals surface area contributed by atoms with E-state index in [2.05, 4.69) is 10.3 Å². The molecule has 0 bridgehead atoms. The average Bonchev–Trinajstić information content (AvgIpc) is 2.96. The molecule has 108 valence electrons. The van der Waals surface area contributed by atoms with Crippen molar-refractivity contribution in [3.8, 4) is 6.07 Å². The molecule has 2 rings (SSSR count). The SMILES string of the molecule is CCOC(=O)c1cn(C[C@@H](O)c2cccc(C#N)c2)nn1. The van der Waals surface area contributed by atoms with Gasteiger partial charge in [-0.2, -0.15) is 5.26 Å². The van der Waals surface area contributed by atoms with Crippen LogP contribution in [-0.4, -0.2) is 32.7 Å². The summed E-state index contributed by atoms with van der Waals surface area (Å²) in [4.78, 5) is 11.5. The molecule has 0 aliphatic rings. The van der Waals surface area contributed by atoms with Crippen molar-refractivity contribution in [3.63, 3.8) is 0 Å². The predicted octanol–water partition coefficient (Wildman–Crippen LogP) is 1.06. The second-order valence-corrected chi connectivity index (χ2v) is 4.30. The van der Waals surface area contributed by atoms with E-state index in [1.807, 2.05) is 6.07 Å². The first kappa shape index (κ1) is 14.7. The highest BCUT2D eigenvalue weighted by Crippen LogP contribution is 2.16. The molecule has 2 aromatic rings. The normalized spacial score (nSPS) is 11.7. The Hall–Kier alpha value is -2.72. The van der Waals surface area contributed by atoms with Crippen molar-refractivity contribution >= 4 is 5.97 Å². The lowest BCUT2D eigenvalue weighted by atomic mass is 10.1. The molecule has 0 spiro atoms. The summed E-state index contributed by atoms with van der Waals surface area (Å²) >= 11 is 0. The van der Waals surface area contributed by atoms with Crippen molar-refractivity contribution in [1.82, 2.24) is 15.0 Å². The molecular weight excluding hydrogens is 272 g/mol. The Morgan fingerprint density at radius 1 is 1.57 bits per heavy atom. The topological polar surface area (TPSA) is 101 Å². The molecule has 7 nitrogen and oxygen atoms in total. The van der Waals surface area contributed by atoms with E-state index in [4.69, 9.17) is 10.00 Å². The van der Waals surface area contributed by atoms with E-state index >= 15 is 0 Å². The largest absolute Gasteiger partial charge is 0.461 e. The maximum Gasteiger partial charge on any atom is 0.360 e. The summed E-state index contributed by atoms with van der Waals surface area (Å²) in [6.07, 6.45) is 0.560. The van der Waals surface area contributed by atoms with Crippen molar-refractivity contribution in [2.24, 2.45) is 0 Å². The Labute approximate surface area is 121 Å². The van der Waals surface area contributed by atoms with Gasteiger partial charge < -0.3 is 9.84 Å². The molecule has 0 saturated heterocycles. The number of esters is 1. The van der Waals surface area contributed by atoms with Gasteiger partial charge in [-0.3, -0.25) is 0 Å². The van der Waals surface area contributed by atoms with E-state index < -0.39 is 12.1 Å². The zero-order valence-corrected chi connectivity index (χ0v) is 11.4. The second-order valence-electron chi connectivity index (χ2n) is 4.30. The molecule has 1 aromatic heterocycles. The van der Waals surface area contributed by atoms with E-state index in [1.54, 1.807) is 31.2 Å². The fraction of sp³-hybridized carbons (Fsp3) is 0.286. The van der Waals surface area contributed by atoms with E-state index in [0.717, 1.165) is 0 Å². The molecule has 0 fully saturated rings. The van der Waals surface area contributed by atoms with Gasteiger partial charge in [0.1, 0.15) is 0 Å². The van der Waals surface area contributed by atoms with Gasteiger partial charge in [0, 0.05) is 0 Å². The minimum absolute atomic E-state index is 0.0924. The minimum Gasteiger partial charge on any atom is -0.461 e. The molecule has 7 heteroatoms. The number of carbonyl (C=O) groups excluding carboxylic acids is 1. The van der Waals surface area contributed by atoms with Crippen LogP contribution in [0.25, 0.3) is 0 Å². The van der Waals surface area contributed by atoms with Crippen molar-refractivity contribution in [2.45, 2.75) is 19.6 Å². The second kappa shape index (κ2) is 6.63. The van der Waals surface area contributed by atoms with Gasteiger partial charge in [-0.1, -0.05) is 17.3 Å². The first-order valence-electron chi connectivity index (χ1n) is 6.39. The Morgan fingerprint density at radius 2 is 2.38 bits per heavy atom. The van der Waals surface area contributed by atoms with E-state index in [0.29, 0.717) is 11.1 Å². The number of rotatable bonds is 5. The van der Waals surface area contributed by atoms with Gasteiger partial charge in [-0.25, -0.2) is 9.48 Å². The maximum atomic E-state index is 11.5. The van der Waals surface area contributed by atoms with Crippen LogP contribution < -0.4 is 0 Å². The summed E-state index contributed by atoms with van der Waals surface area (Å²) < 4.78 is 6.16. The number of hydrogen-bond acceptors (Lipinski definition) is 6. The van der Waals surface area contributed by atoms with Gasteiger partial charge in [0.2, 0.25) is 0 Å². The summed E-state index contributed by atoms with van der Waals surface area (Å²) in [5.41, 5.74) is 1.16.